The topological polar surface area (TPSA) is 60.9 Å². The number of benzene rings is 1. The molecule has 2 fully saturated rings. The van der Waals surface area contributed by atoms with Gasteiger partial charge in [-0.25, -0.2) is 4.39 Å². The summed E-state index contributed by atoms with van der Waals surface area (Å²) in [7, 11) is 0. The first-order valence-electron chi connectivity index (χ1n) is 10.7. The Morgan fingerprint density at radius 3 is 2.40 bits per heavy atom. The molecular formula is C23H32FN3O3. The highest BCUT2D eigenvalue weighted by molar-refractivity contribution is 6.00. The van der Waals surface area contributed by atoms with Crippen molar-refractivity contribution in [2.24, 2.45) is 11.3 Å². The van der Waals surface area contributed by atoms with Gasteiger partial charge in [-0.2, -0.15) is 0 Å². The standard InChI is InChI=1S/C23H32FN3O3/c1-16(12-23(2,3)4)11-20(28)26(18-9-10-18)14-21(29)25-13-22(30)27(15-25)19-7-5-17(24)6-8-19/h5-8,16,18H,9-15H2,1-4H3. The molecule has 1 atom stereocenters. The second kappa shape index (κ2) is 8.74. The molecule has 30 heavy (non-hydrogen) atoms. The van der Waals surface area contributed by atoms with Crippen LogP contribution in [0.3, 0.4) is 0 Å². The van der Waals surface area contributed by atoms with Crippen molar-refractivity contribution in [3.8, 4) is 0 Å². The lowest BCUT2D eigenvalue weighted by molar-refractivity contribution is -0.141. The predicted octanol–water partition coefficient (Wildman–Crippen LogP) is 3.41. The quantitative estimate of drug-likeness (QED) is 0.683. The number of carbonyl (C=O) groups excluding carboxylic acids is 3. The SMILES string of the molecule is CC(CC(=O)N(CC(=O)N1CC(=O)N(c2ccc(F)cc2)C1)C1CC1)CC(C)(C)C. The summed E-state index contributed by atoms with van der Waals surface area (Å²) in [4.78, 5) is 42.8. The smallest absolute Gasteiger partial charge is 0.248 e. The van der Waals surface area contributed by atoms with Crippen LogP contribution in [0.15, 0.2) is 24.3 Å². The maximum Gasteiger partial charge on any atom is 0.248 e. The fourth-order valence-electron chi connectivity index (χ4n) is 4.15. The van der Waals surface area contributed by atoms with Crippen molar-refractivity contribution < 1.29 is 18.8 Å². The van der Waals surface area contributed by atoms with Gasteiger partial charge in [0.15, 0.2) is 0 Å². The lowest BCUT2D eigenvalue weighted by atomic mass is 9.84. The number of hydrogen-bond donors (Lipinski definition) is 0. The number of halogens is 1. The molecule has 7 heteroatoms. The highest BCUT2D eigenvalue weighted by Crippen LogP contribution is 2.31. The van der Waals surface area contributed by atoms with Crippen LogP contribution in [-0.4, -0.2) is 53.3 Å². The average Bonchev–Trinajstić information content (AvgIpc) is 3.40. The first kappa shape index (κ1) is 22.2. The van der Waals surface area contributed by atoms with Crippen LogP contribution < -0.4 is 4.90 Å². The summed E-state index contributed by atoms with van der Waals surface area (Å²) in [6.45, 7) is 8.67. The Morgan fingerprint density at radius 2 is 1.83 bits per heavy atom. The lowest BCUT2D eigenvalue weighted by Gasteiger charge is -2.28. The van der Waals surface area contributed by atoms with Gasteiger partial charge >= 0.3 is 0 Å². The summed E-state index contributed by atoms with van der Waals surface area (Å²) in [6, 6.07) is 5.77. The zero-order valence-corrected chi connectivity index (χ0v) is 18.4. The van der Waals surface area contributed by atoms with E-state index in [0.29, 0.717) is 12.1 Å². The molecule has 1 aromatic carbocycles. The van der Waals surface area contributed by atoms with Gasteiger partial charge in [-0.3, -0.25) is 19.3 Å². The van der Waals surface area contributed by atoms with Gasteiger partial charge in [-0.15, -0.1) is 0 Å². The van der Waals surface area contributed by atoms with Crippen molar-refractivity contribution in [2.75, 3.05) is 24.7 Å². The maximum absolute atomic E-state index is 13.2. The molecule has 0 radical (unpaired) electrons. The predicted molar refractivity (Wildman–Crippen MR) is 113 cm³/mol. The van der Waals surface area contributed by atoms with Crippen molar-refractivity contribution in [3.05, 3.63) is 30.1 Å². The monoisotopic (exact) mass is 417 g/mol. The van der Waals surface area contributed by atoms with E-state index < -0.39 is 0 Å². The van der Waals surface area contributed by atoms with Gasteiger partial charge in [-0.05, 0) is 54.9 Å². The Kier molecular flexibility index (Phi) is 6.48. The van der Waals surface area contributed by atoms with Gasteiger partial charge < -0.3 is 9.80 Å². The Labute approximate surface area is 178 Å². The molecule has 1 aliphatic carbocycles. The second-order valence-corrected chi connectivity index (χ2v) is 9.86. The van der Waals surface area contributed by atoms with Gasteiger partial charge in [0, 0.05) is 18.2 Å². The Bertz CT molecular complexity index is 799. The third-order valence-electron chi connectivity index (χ3n) is 5.53. The molecule has 0 N–H and O–H groups in total. The van der Waals surface area contributed by atoms with Crippen molar-refractivity contribution in [2.45, 2.75) is 59.4 Å². The molecule has 0 bridgehead atoms. The molecule has 1 saturated heterocycles. The number of carbonyl (C=O) groups is 3. The van der Waals surface area contributed by atoms with Crippen LogP contribution in [0.5, 0.6) is 0 Å². The van der Waals surface area contributed by atoms with Crippen LogP contribution in [0.4, 0.5) is 10.1 Å². The number of rotatable bonds is 7. The Balaban J connectivity index is 1.59. The van der Waals surface area contributed by atoms with Gasteiger partial charge in [0.25, 0.3) is 0 Å². The van der Waals surface area contributed by atoms with Crippen molar-refractivity contribution in [3.63, 3.8) is 0 Å². The van der Waals surface area contributed by atoms with E-state index in [1.54, 1.807) is 4.90 Å². The second-order valence-electron chi connectivity index (χ2n) is 9.86. The number of hydrogen-bond acceptors (Lipinski definition) is 3. The van der Waals surface area contributed by atoms with Gasteiger partial charge in [0.2, 0.25) is 17.7 Å². The third kappa shape index (κ3) is 5.80. The third-order valence-corrected chi connectivity index (χ3v) is 5.53. The summed E-state index contributed by atoms with van der Waals surface area (Å²) in [5.74, 6) is -0.549. The minimum atomic E-state index is -0.377. The fourth-order valence-corrected chi connectivity index (χ4v) is 4.15. The molecular weight excluding hydrogens is 385 g/mol. The van der Waals surface area contributed by atoms with Crippen molar-refractivity contribution in [1.29, 1.82) is 0 Å². The lowest BCUT2D eigenvalue weighted by Crippen LogP contribution is -2.44. The summed E-state index contributed by atoms with van der Waals surface area (Å²) < 4.78 is 13.2. The van der Waals surface area contributed by atoms with Gasteiger partial charge in [-0.1, -0.05) is 27.7 Å². The molecule has 2 aliphatic rings. The Hall–Kier alpha value is -2.44. The normalized spacial score (nSPS) is 18.0. The highest BCUT2D eigenvalue weighted by Gasteiger charge is 2.38. The van der Waals surface area contributed by atoms with Crippen LogP contribution >= 0.6 is 0 Å². The first-order chi connectivity index (χ1) is 14.0. The van der Waals surface area contributed by atoms with Crippen LogP contribution in [0.25, 0.3) is 0 Å². The highest BCUT2D eigenvalue weighted by atomic mass is 19.1. The van der Waals surface area contributed by atoms with E-state index in [9.17, 15) is 18.8 Å². The van der Waals surface area contributed by atoms with Crippen LogP contribution in [-0.2, 0) is 14.4 Å². The molecule has 1 unspecified atom stereocenters. The average molecular weight is 418 g/mol. The minimum absolute atomic E-state index is 0.0102. The fraction of sp³-hybridized carbons (Fsp3) is 0.609. The minimum Gasteiger partial charge on any atom is -0.330 e. The number of nitrogens with zero attached hydrogens (tertiary/aromatic N) is 3. The van der Waals surface area contributed by atoms with E-state index in [1.165, 1.54) is 34.1 Å². The van der Waals surface area contributed by atoms with Crippen LogP contribution in [0, 0.1) is 17.2 Å². The van der Waals surface area contributed by atoms with E-state index in [0.717, 1.165) is 19.3 Å². The van der Waals surface area contributed by atoms with Crippen molar-refractivity contribution in [1.82, 2.24) is 9.80 Å². The maximum atomic E-state index is 13.2. The molecule has 1 aliphatic heterocycles. The number of anilines is 1. The molecule has 1 heterocycles. The van der Waals surface area contributed by atoms with Gasteiger partial charge in [0.1, 0.15) is 25.6 Å². The molecule has 0 spiro atoms. The zero-order valence-electron chi connectivity index (χ0n) is 18.4. The molecule has 1 saturated carbocycles. The molecule has 6 nitrogen and oxygen atoms in total. The molecule has 1 aromatic rings. The summed E-state index contributed by atoms with van der Waals surface area (Å²) in [5, 5.41) is 0. The van der Waals surface area contributed by atoms with E-state index in [1.807, 2.05) is 0 Å². The Morgan fingerprint density at radius 1 is 1.20 bits per heavy atom. The molecule has 0 aromatic heterocycles. The van der Waals surface area contributed by atoms with E-state index in [-0.39, 0.29) is 60.7 Å². The molecule has 3 amide bonds. The van der Waals surface area contributed by atoms with Crippen LogP contribution in [0.1, 0.15) is 53.4 Å². The first-order valence-corrected chi connectivity index (χ1v) is 10.7. The summed E-state index contributed by atoms with van der Waals surface area (Å²) in [6.07, 6.45) is 3.22. The zero-order chi connectivity index (χ0) is 22.1. The van der Waals surface area contributed by atoms with E-state index >= 15 is 0 Å². The van der Waals surface area contributed by atoms with E-state index in [4.69, 9.17) is 0 Å². The molecule has 164 valence electrons. The van der Waals surface area contributed by atoms with Crippen LogP contribution in [0.2, 0.25) is 0 Å². The molecule has 3 rings (SSSR count). The van der Waals surface area contributed by atoms with Gasteiger partial charge in [0.05, 0.1) is 0 Å². The largest absolute Gasteiger partial charge is 0.330 e. The van der Waals surface area contributed by atoms with E-state index in [2.05, 4.69) is 27.7 Å². The summed E-state index contributed by atoms with van der Waals surface area (Å²) in [5.41, 5.74) is 0.711. The number of amides is 3. The summed E-state index contributed by atoms with van der Waals surface area (Å²) >= 11 is 0. The van der Waals surface area contributed by atoms with Crippen molar-refractivity contribution >= 4 is 23.4 Å².